The molecule has 5 nitrogen and oxygen atoms in total. The summed E-state index contributed by atoms with van der Waals surface area (Å²) in [6.45, 7) is 5.47. The number of thioether (sulfide) groups is 1. The highest BCUT2D eigenvalue weighted by Crippen LogP contribution is 2.07. The van der Waals surface area contributed by atoms with Crippen LogP contribution in [0.15, 0.2) is 48.0 Å². The van der Waals surface area contributed by atoms with Crippen molar-refractivity contribution in [2.75, 3.05) is 25.1 Å². The Morgan fingerprint density at radius 2 is 1.92 bits per heavy atom. The van der Waals surface area contributed by atoms with E-state index in [9.17, 15) is 0 Å². The van der Waals surface area contributed by atoms with Crippen molar-refractivity contribution in [3.63, 3.8) is 0 Å². The molecule has 0 saturated heterocycles. The molecule has 0 aliphatic heterocycles. The lowest BCUT2D eigenvalue weighted by Crippen LogP contribution is -2.37. The van der Waals surface area contributed by atoms with Crippen LogP contribution >= 0.6 is 35.7 Å². The number of benzene rings is 1. The SMILES string of the molecule is CCNC(=NCc1ccc(Cn2ccnc2)cc1)NCCCCSC.I. The fraction of sp³-hybridized carbons (Fsp3) is 0.474. The molecule has 1 heterocycles. The van der Waals surface area contributed by atoms with Crippen molar-refractivity contribution in [2.24, 2.45) is 4.99 Å². The van der Waals surface area contributed by atoms with E-state index in [4.69, 9.17) is 0 Å². The Morgan fingerprint density at radius 1 is 1.15 bits per heavy atom. The third-order valence-electron chi connectivity index (χ3n) is 3.78. The molecule has 0 amide bonds. The van der Waals surface area contributed by atoms with Crippen LogP contribution < -0.4 is 10.6 Å². The van der Waals surface area contributed by atoms with E-state index < -0.39 is 0 Å². The van der Waals surface area contributed by atoms with Crippen molar-refractivity contribution in [2.45, 2.75) is 32.9 Å². The predicted octanol–water partition coefficient (Wildman–Crippen LogP) is 3.75. The number of unbranched alkanes of at least 4 members (excludes halogenated alkanes) is 1. The van der Waals surface area contributed by atoms with Crippen molar-refractivity contribution < 1.29 is 0 Å². The van der Waals surface area contributed by atoms with Gasteiger partial charge in [0, 0.05) is 32.0 Å². The zero-order chi connectivity index (χ0) is 17.7. The van der Waals surface area contributed by atoms with Gasteiger partial charge in [0.1, 0.15) is 0 Å². The van der Waals surface area contributed by atoms with Gasteiger partial charge in [0.05, 0.1) is 12.9 Å². The molecular weight excluding hydrogens is 457 g/mol. The monoisotopic (exact) mass is 487 g/mol. The number of guanidine groups is 1. The summed E-state index contributed by atoms with van der Waals surface area (Å²) in [5.74, 6) is 2.12. The molecule has 1 aromatic heterocycles. The highest BCUT2D eigenvalue weighted by Gasteiger charge is 1.99. The van der Waals surface area contributed by atoms with Crippen LogP contribution in [0.1, 0.15) is 30.9 Å². The molecular formula is C19H30IN5S. The maximum Gasteiger partial charge on any atom is 0.191 e. The molecule has 0 saturated carbocycles. The number of halogens is 1. The molecule has 0 fully saturated rings. The molecule has 2 N–H and O–H groups in total. The predicted molar refractivity (Wildman–Crippen MR) is 124 cm³/mol. The number of nitrogens with zero attached hydrogens (tertiary/aromatic N) is 3. The minimum absolute atomic E-state index is 0. The molecule has 0 unspecified atom stereocenters. The summed E-state index contributed by atoms with van der Waals surface area (Å²) in [7, 11) is 0. The van der Waals surface area contributed by atoms with Crippen molar-refractivity contribution >= 4 is 41.7 Å². The van der Waals surface area contributed by atoms with Crippen LogP contribution in [0.25, 0.3) is 0 Å². The fourth-order valence-corrected chi connectivity index (χ4v) is 2.92. The van der Waals surface area contributed by atoms with E-state index in [1.54, 1.807) is 6.20 Å². The normalized spacial score (nSPS) is 11.1. The van der Waals surface area contributed by atoms with Crippen LogP contribution in [0.4, 0.5) is 0 Å². The lowest BCUT2D eigenvalue weighted by atomic mass is 10.1. The van der Waals surface area contributed by atoms with Crippen molar-refractivity contribution in [1.82, 2.24) is 20.2 Å². The Morgan fingerprint density at radius 3 is 2.58 bits per heavy atom. The minimum Gasteiger partial charge on any atom is -0.357 e. The number of hydrogen-bond donors (Lipinski definition) is 2. The molecule has 0 bridgehead atoms. The average molecular weight is 487 g/mol. The summed E-state index contributed by atoms with van der Waals surface area (Å²) in [5, 5.41) is 6.72. The highest BCUT2D eigenvalue weighted by molar-refractivity contribution is 14.0. The first-order valence-electron chi connectivity index (χ1n) is 8.86. The summed E-state index contributed by atoms with van der Waals surface area (Å²) in [5.41, 5.74) is 2.48. The molecule has 0 aliphatic rings. The van der Waals surface area contributed by atoms with Crippen LogP contribution in [0, 0.1) is 0 Å². The average Bonchev–Trinajstić information content (AvgIpc) is 3.13. The molecule has 1 aromatic carbocycles. The molecule has 144 valence electrons. The topological polar surface area (TPSA) is 54.2 Å². The second-order valence-corrected chi connectivity index (χ2v) is 6.86. The van der Waals surface area contributed by atoms with E-state index in [1.165, 1.54) is 29.7 Å². The van der Waals surface area contributed by atoms with E-state index >= 15 is 0 Å². The molecule has 0 spiro atoms. The summed E-state index contributed by atoms with van der Waals surface area (Å²) in [6.07, 6.45) is 10.2. The summed E-state index contributed by atoms with van der Waals surface area (Å²) in [4.78, 5) is 8.75. The van der Waals surface area contributed by atoms with Gasteiger partial charge in [-0.3, -0.25) is 0 Å². The van der Waals surface area contributed by atoms with E-state index in [0.717, 1.165) is 25.6 Å². The van der Waals surface area contributed by atoms with E-state index in [0.29, 0.717) is 6.54 Å². The van der Waals surface area contributed by atoms with Crippen LogP contribution in [0.2, 0.25) is 0 Å². The third-order valence-corrected chi connectivity index (χ3v) is 4.48. The number of aromatic nitrogens is 2. The number of aliphatic imine (C=N–C) groups is 1. The number of nitrogens with one attached hydrogen (secondary N) is 2. The standard InChI is InChI=1S/C19H29N5S.HI/c1-3-21-19(22-10-4-5-13-25-2)23-14-17-6-8-18(9-7-17)15-24-12-11-20-16-24;/h6-9,11-12,16H,3-5,10,13-15H2,1-2H3,(H2,21,22,23);1H. The Balaban J connectivity index is 0.00000338. The van der Waals surface area contributed by atoms with Crippen molar-refractivity contribution in [3.8, 4) is 0 Å². The van der Waals surface area contributed by atoms with Gasteiger partial charge < -0.3 is 15.2 Å². The van der Waals surface area contributed by atoms with Crippen LogP contribution in [0.5, 0.6) is 0 Å². The van der Waals surface area contributed by atoms with E-state index in [-0.39, 0.29) is 24.0 Å². The molecule has 7 heteroatoms. The molecule has 2 aromatic rings. The van der Waals surface area contributed by atoms with E-state index in [2.05, 4.69) is 62.6 Å². The van der Waals surface area contributed by atoms with Gasteiger partial charge in [-0.2, -0.15) is 11.8 Å². The molecule has 0 radical (unpaired) electrons. The molecule has 26 heavy (non-hydrogen) atoms. The smallest absolute Gasteiger partial charge is 0.191 e. The Bertz CT molecular complexity index is 613. The maximum atomic E-state index is 4.68. The first kappa shape index (κ1) is 22.8. The van der Waals surface area contributed by atoms with Gasteiger partial charge in [-0.1, -0.05) is 24.3 Å². The van der Waals surface area contributed by atoms with Gasteiger partial charge in [0.15, 0.2) is 5.96 Å². The second kappa shape index (κ2) is 13.9. The zero-order valence-corrected chi connectivity index (χ0v) is 18.8. The second-order valence-electron chi connectivity index (χ2n) is 5.87. The molecule has 0 aliphatic carbocycles. The van der Waals surface area contributed by atoms with Crippen molar-refractivity contribution in [1.29, 1.82) is 0 Å². The van der Waals surface area contributed by atoms with Crippen molar-refractivity contribution in [3.05, 3.63) is 54.1 Å². The largest absolute Gasteiger partial charge is 0.357 e. The number of imidazole rings is 1. The number of rotatable bonds is 10. The zero-order valence-electron chi connectivity index (χ0n) is 15.6. The first-order valence-corrected chi connectivity index (χ1v) is 10.3. The van der Waals surface area contributed by atoms with E-state index in [1.807, 2.05) is 24.3 Å². The Kier molecular flexibility index (Phi) is 12.2. The van der Waals surface area contributed by atoms with Gasteiger partial charge in [0.25, 0.3) is 0 Å². The lowest BCUT2D eigenvalue weighted by molar-refractivity contribution is 0.734. The van der Waals surface area contributed by atoms with Gasteiger partial charge in [-0.15, -0.1) is 24.0 Å². The minimum atomic E-state index is 0. The fourth-order valence-electron chi connectivity index (χ4n) is 2.43. The summed E-state index contributed by atoms with van der Waals surface area (Å²) >= 11 is 1.90. The van der Waals surface area contributed by atoms with Gasteiger partial charge >= 0.3 is 0 Å². The molecule has 0 atom stereocenters. The number of hydrogen-bond acceptors (Lipinski definition) is 3. The Labute approximate surface area is 178 Å². The summed E-state index contributed by atoms with van der Waals surface area (Å²) < 4.78 is 2.07. The van der Waals surface area contributed by atoms with Gasteiger partial charge in [-0.25, -0.2) is 9.98 Å². The lowest BCUT2D eigenvalue weighted by Gasteiger charge is -2.11. The quantitative estimate of drug-likeness (QED) is 0.232. The maximum absolute atomic E-state index is 4.68. The third kappa shape index (κ3) is 8.93. The Hall–Kier alpha value is -1.22. The van der Waals surface area contributed by atoms with Gasteiger partial charge in [-0.05, 0) is 42.9 Å². The van der Waals surface area contributed by atoms with Crippen LogP contribution in [-0.2, 0) is 13.1 Å². The van der Waals surface area contributed by atoms with Crippen LogP contribution in [0.3, 0.4) is 0 Å². The first-order chi connectivity index (χ1) is 12.3. The summed E-state index contributed by atoms with van der Waals surface area (Å²) in [6, 6.07) is 8.62. The van der Waals surface area contributed by atoms with Gasteiger partial charge in [0.2, 0.25) is 0 Å². The van der Waals surface area contributed by atoms with Crippen LogP contribution in [-0.4, -0.2) is 40.6 Å². The molecule has 2 rings (SSSR count). The highest BCUT2D eigenvalue weighted by atomic mass is 127.